The molecule has 0 saturated heterocycles. The first-order valence-corrected chi connectivity index (χ1v) is 6.88. The Kier molecular flexibility index (Phi) is 5.66. The normalized spacial score (nSPS) is 13.1. The molecule has 1 N–H and O–H groups in total. The van der Waals surface area contributed by atoms with Gasteiger partial charge >= 0.3 is 0 Å². The van der Waals surface area contributed by atoms with E-state index < -0.39 is 0 Å². The van der Waals surface area contributed by atoms with Gasteiger partial charge in [0.2, 0.25) is 0 Å². The maximum absolute atomic E-state index is 12.1. The number of alkyl halides is 1. The molecule has 0 aliphatic heterocycles. The van der Waals surface area contributed by atoms with Crippen molar-refractivity contribution < 1.29 is 0 Å². The van der Waals surface area contributed by atoms with Crippen molar-refractivity contribution in [2.75, 3.05) is 11.2 Å². The molecule has 0 fully saturated rings. The van der Waals surface area contributed by atoms with Crippen LogP contribution in [0.4, 0.5) is 5.82 Å². The van der Waals surface area contributed by atoms with Crippen molar-refractivity contribution in [1.82, 2.24) is 9.55 Å². The summed E-state index contributed by atoms with van der Waals surface area (Å²) in [7, 11) is 0. The third kappa shape index (κ3) is 4.02. The SMILES string of the molecule is CC(C)CC(CCl)Nc1nccn(C(C)C)c1=O. The summed E-state index contributed by atoms with van der Waals surface area (Å²) in [5.41, 5.74) is -0.0913. The lowest BCUT2D eigenvalue weighted by Gasteiger charge is -2.19. The molecule has 18 heavy (non-hydrogen) atoms. The van der Waals surface area contributed by atoms with Crippen LogP contribution in [0.2, 0.25) is 0 Å². The highest BCUT2D eigenvalue weighted by atomic mass is 35.5. The Bertz CT molecular complexity index is 428. The van der Waals surface area contributed by atoms with Crippen LogP contribution in [0.15, 0.2) is 17.2 Å². The zero-order valence-electron chi connectivity index (χ0n) is 11.5. The molecule has 0 radical (unpaired) electrons. The van der Waals surface area contributed by atoms with Gasteiger partial charge < -0.3 is 9.88 Å². The Morgan fingerprint density at radius 3 is 2.56 bits per heavy atom. The number of nitrogens with one attached hydrogen (secondary N) is 1. The van der Waals surface area contributed by atoms with E-state index in [0.29, 0.717) is 17.6 Å². The van der Waals surface area contributed by atoms with Gasteiger partial charge in [0.1, 0.15) is 0 Å². The Balaban J connectivity index is 2.90. The lowest BCUT2D eigenvalue weighted by atomic mass is 10.1. The quantitative estimate of drug-likeness (QED) is 0.810. The van der Waals surface area contributed by atoms with E-state index in [2.05, 4.69) is 24.1 Å². The molecular weight excluding hydrogens is 250 g/mol. The number of nitrogens with zero attached hydrogens (tertiary/aromatic N) is 2. The van der Waals surface area contributed by atoms with Crippen LogP contribution in [0.5, 0.6) is 0 Å². The fourth-order valence-corrected chi connectivity index (χ4v) is 2.06. The van der Waals surface area contributed by atoms with E-state index in [4.69, 9.17) is 11.6 Å². The van der Waals surface area contributed by atoms with E-state index in [1.54, 1.807) is 17.0 Å². The minimum atomic E-state index is -0.0913. The Morgan fingerprint density at radius 2 is 2.06 bits per heavy atom. The van der Waals surface area contributed by atoms with E-state index in [0.717, 1.165) is 6.42 Å². The van der Waals surface area contributed by atoms with Gasteiger partial charge in [0.25, 0.3) is 5.56 Å². The number of aromatic nitrogens is 2. The summed E-state index contributed by atoms with van der Waals surface area (Å²) in [5.74, 6) is 1.38. The maximum atomic E-state index is 12.1. The minimum absolute atomic E-state index is 0.0786. The second-order valence-corrected chi connectivity index (χ2v) is 5.52. The molecule has 1 heterocycles. The average molecular weight is 272 g/mol. The minimum Gasteiger partial charge on any atom is -0.362 e. The average Bonchev–Trinajstić information content (AvgIpc) is 2.29. The number of rotatable bonds is 6. The van der Waals surface area contributed by atoms with Gasteiger partial charge in [-0.25, -0.2) is 4.98 Å². The first-order chi connectivity index (χ1) is 8.45. The van der Waals surface area contributed by atoms with Crippen molar-refractivity contribution in [2.24, 2.45) is 5.92 Å². The summed E-state index contributed by atoms with van der Waals surface area (Å²) in [4.78, 5) is 16.3. The first-order valence-electron chi connectivity index (χ1n) is 6.35. The largest absolute Gasteiger partial charge is 0.362 e. The predicted molar refractivity (Wildman–Crippen MR) is 76.5 cm³/mol. The van der Waals surface area contributed by atoms with Crippen LogP contribution in [-0.4, -0.2) is 21.5 Å². The van der Waals surface area contributed by atoms with E-state index in [1.807, 2.05) is 13.8 Å². The molecule has 102 valence electrons. The van der Waals surface area contributed by atoms with Gasteiger partial charge in [-0.2, -0.15) is 0 Å². The van der Waals surface area contributed by atoms with Crippen LogP contribution >= 0.6 is 11.6 Å². The van der Waals surface area contributed by atoms with Crippen LogP contribution in [0.25, 0.3) is 0 Å². The smallest absolute Gasteiger partial charge is 0.293 e. The summed E-state index contributed by atoms with van der Waals surface area (Å²) in [6.45, 7) is 8.20. The van der Waals surface area contributed by atoms with Gasteiger partial charge in [0.15, 0.2) is 5.82 Å². The third-order valence-corrected chi connectivity index (χ3v) is 3.08. The summed E-state index contributed by atoms with van der Waals surface area (Å²) >= 11 is 5.92. The Labute approximate surface area is 113 Å². The Morgan fingerprint density at radius 1 is 1.39 bits per heavy atom. The van der Waals surface area contributed by atoms with E-state index >= 15 is 0 Å². The molecule has 1 aromatic heterocycles. The monoisotopic (exact) mass is 271 g/mol. The number of hydrogen-bond donors (Lipinski definition) is 1. The summed E-state index contributed by atoms with van der Waals surface area (Å²) in [6.07, 6.45) is 4.27. The van der Waals surface area contributed by atoms with Crippen LogP contribution in [-0.2, 0) is 0 Å². The van der Waals surface area contributed by atoms with E-state index in [-0.39, 0.29) is 17.6 Å². The molecule has 1 aromatic rings. The number of hydrogen-bond acceptors (Lipinski definition) is 3. The van der Waals surface area contributed by atoms with E-state index in [9.17, 15) is 4.79 Å². The Hall–Kier alpha value is -1.03. The molecule has 5 heteroatoms. The van der Waals surface area contributed by atoms with Gasteiger partial charge in [0, 0.05) is 30.4 Å². The molecule has 1 rings (SSSR count). The predicted octanol–water partition coefficient (Wildman–Crippen LogP) is 2.89. The van der Waals surface area contributed by atoms with Crippen molar-refractivity contribution in [3.05, 3.63) is 22.7 Å². The molecule has 0 spiro atoms. The maximum Gasteiger partial charge on any atom is 0.293 e. The molecule has 0 aliphatic carbocycles. The zero-order chi connectivity index (χ0) is 13.7. The standard InChI is InChI=1S/C13H22ClN3O/c1-9(2)7-11(8-14)16-12-13(18)17(10(3)4)6-5-15-12/h5-6,9-11H,7-8H2,1-4H3,(H,15,16). The first kappa shape index (κ1) is 15.0. The van der Waals surface area contributed by atoms with Crippen LogP contribution in [0.1, 0.15) is 40.2 Å². The van der Waals surface area contributed by atoms with Gasteiger partial charge in [-0.3, -0.25) is 4.79 Å². The fourth-order valence-electron chi connectivity index (χ4n) is 1.85. The molecule has 4 nitrogen and oxygen atoms in total. The van der Waals surface area contributed by atoms with Crippen molar-refractivity contribution in [2.45, 2.75) is 46.2 Å². The van der Waals surface area contributed by atoms with Crippen molar-refractivity contribution in [3.63, 3.8) is 0 Å². The summed E-state index contributed by atoms with van der Waals surface area (Å²) in [5, 5.41) is 3.15. The number of halogens is 1. The molecule has 0 bridgehead atoms. The van der Waals surface area contributed by atoms with Gasteiger partial charge in [-0.15, -0.1) is 11.6 Å². The summed E-state index contributed by atoms with van der Waals surface area (Å²) in [6, 6.07) is 0.204. The molecular formula is C13H22ClN3O. The van der Waals surface area contributed by atoms with Crippen molar-refractivity contribution in [1.29, 1.82) is 0 Å². The highest BCUT2D eigenvalue weighted by molar-refractivity contribution is 6.18. The number of anilines is 1. The zero-order valence-corrected chi connectivity index (χ0v) is 12.2. The van der Waals surface area contributed by atoms with Gasteiger partial charge in [-0.05, 0) is 26.2 Å². The van der Waals surface area contributed by atoms with Crippen LogP contribution in [0, 0.1) is 5.92 Å². The second kappa shape index (κ2) is 6.78. The molecule has 0 aliphatic rings. The molecule has 1 atom stereocenters. The molecule has 0 amide bonds. The van der Waals surface area contributed by atoms with Crippen molar-refractivity contribution >= 4 is 17.4 Å². The van der Waals surface area contributed by atoms with E-state index in [1.165, 1.54) is 0 Å². The third-order valence-electron chi connectivity index (χ3n) is 2.71. The molecule has 1 unspecified atom stereocenters. The van der Waals surface area contributed by atoms with Crippen LogP contribution < -0.4 is 10.9 Å². The van der Waals surface area contributed by atoms with Gasteiger partial charge in [-0.1, -0.05) is 13.8 Å². The van der Waals surface area contributed by atoms with Crippen LogP contribution in [0.3, 0.4) is 0 Å². The lowest BCUT2D eigenvalue weighted by Crippen LogP contribution is -2.31. The molecule has 0 aromatic carbocycles. The highest BCUT2D eigenvalue weighted by Gasteiger charge is 2.13. The molecule has 0 saturated carbocycles. The second-order valence-electron chi connectivity index (χ2n) is 5.21. The lowest BCUT2D eigenvalue weighted by molar-refractivity contribution is 0.537. The topological polar surface area (TPSA) is 46.9 Å². The summed E-state index contributed by atoms with van der Waals surface area (Å²) < 4.78 is 1.66. The fraction of sp³-hybridized carbons (Fsp3) is 0.692. The van der Waals surface area contributed by atoms with Gasteiger partial charge in [0.05, 0.1) is 0 Å². The highest BCUT2D eigenvalue weighted by Crippen LogP contribution is 2.10. The van der Waals surface area contributed by atoms with Crippen molar-refractivity contribution in [3.8, 4) is 0 Å².